The molecule has 2 aromatic carbocycles. The molecule has 0 aliphatic heterocycles. The highest BCUT2D eigenvalue weighted by atomic mass is 16.3. The number of aromatic hydroxyl groups is 1. The topological polar surface area (TPSA) is 61.7 Å². The number of amides is 1. The largest absolute Gasteiger partial charge is 0.507 e. The molecule has 0 aliphatic carbocycles. The van der Waals surface area contributed by atoms with Crippen LogP contribution in [0.4, 0.5) is 0 Å². The maximum atomic E-state index is 12.1. The first kappa shape index (κ1) is 19.7. The summed E-state index contributed by atoms with van der Waals surface area (Å²) in [7, 11) is 0. The predicted molar refractivity (Wildman–Crippen MR) is 107 cm³/mol. The Kier molecular flexibility index (Phi) is 5.55. The lowest BCUT2D eigenvalue weighted by molar-refractivity contribution is 0.0955. The van der Waals surface area contributed by atoms with Gasteiger partial charge in [-0.15, -0.1) is 0 Å². The molecular weight excluding hydrogens is 324 g/mol. The molecule has 0 aromatic heterocycles. The summed E-state index contributed by atoms with van der Waals surface area (Å²) < 4.78 is 0. The van der Waals surface area contributed by atoms with Gasteiger partial charge in [-0.2, -0.15) is 5.10 Å². The quantitative estimate of drug-likeness (QED) is 0.618. The number of carbonyl (C=O) groups is 1. The molecule has 0 heterocycles. The number of nitrogens with zero attached hydrogens (tertiary/aromatic N) is 1. The average Bonchev–Trinajstić information content (AvgIpc) is 2.54. The molecule has 0 atom stereocenters. The van der Waals surface area contributed by atoms with Crippen LogP contribution >= 0.6 is 0 Å². The highest BCUT2D eigenvalue weighted by molar-refractivity contribution is 5.94. The van der Waals surface area contributed by atoms with Crippen molar-refractivity contribution in [3.05, 3.63) is 64.7 Å². The number of carbonyl (C=O) groups excluding carboxylic acids is 1. The van der Waals surface area contributed by atoms with Crippen LogP contribution < -0.4 is 5.43 Å². The van der Waals surface area contributed by atoms with Crippen molar-refractivity contribution in [3.63, 3.8) is 0 Å². The van der Waals surface area contributed by atoms with Gasteiger partial charge in [-0.25, -0.2) is 5.43 Å². The SMILES string of the molecule is CC(C)(C)c1cc(/C=N/NC(=O)c2ccccc2)cc(C(C)(C)C)c1O. The molecule has 2 N–H and O–H groups in total. The zero-order valence-electron chi connectivity index (χ0n) is 16.4. The van der Waals surface area contributed by atoms with Crippen molar-refractivity contribution in [1.29, 1.82) is 0 Å². The van der Waals surface area contributed by atoms with Crippen molar-refractivity contribution in [1.82, 2.24) is 5.43 Å². The van der Waals surface area contributed by atoms with Crippen molar-refractivity contribution in [2.75, 3.05) is 0 Å². The zero-order chi connectivity index (χ0) is 19.5. The number of hydrogen-bond donors (Lipinski definition) is 2. The Morgan fingerprint density at radius 1 is 0.962 bits per heavy atom. The third kappa shape index (κ3) is 4.72. The fourth-order valence-electron chi connectivity index (χ4n) is 2.69. The van der Waals surface area contributed by atoms with Crippen LogP contribution in [-0.4, -0.2) is 17.2 Å². The molecule has 138 valence electrons. The van der Waals surface area contributed by atoms with Crippen LogP contribution in [0, 0.1) is 0 Å². The second-order valence-corrected chi connectivity index (χ2v) is 8.53. The van der Waals surface area contributed by atoms with Crippen molar-refractivity contribution >= 4 is 12.1 Å². The van der Waals surface area contributed by atoms with E-state index in [1.165, 1.54) is 0 Å². The summed E-state index contributed by atoms with van der Waals surface area (Å²) >= 11 is 0. The minimum atomic E-state index is -0.257. The van der Waals surface area contributed by atoms with Gasteiger partial charge in [0.15, 0.2) is 0 Å². The van der Waals surface area contributed by atoms with E-state index in [1.807, 2.05) is 30.3 Å². The minimum absolute atomic E-state index is 0.207. The highest BCUT2D eigenvalue weighted by Gasteiger charge is 2.26. The summed E-state index contributed by atoms with van der Waals surface area (Å²) in [6.45, 7) is 12.4. The molecule has 0 aliphatic rings. The van der Waals surface area contributed by atoms with Crippen molar-refractivity contribution in [2.24, 2.45) is 5.10 Å². The van der Waals surface area contributed by atoms with Gasteiger partial charge in [-0.1, -0.05) is 59.7 Å². The third-order valence-electron chi connectivity index (χ3n) is 4.16. The number of hydrogen-bond acceptors (Lipinski definition) is 3. The number of rotatable bonds is 3. The molecular formula is C22H28N2O2. The van der Waals surface area contributed by atoms with E-state index < -0.39 is 0 Å². The summed E-state index contributed by atoms with van der Waals surface area (Å²) in [6, 6.07) is 12.8. The molecule has 0 saturated heterocycles. The van der Waals surface area contributed by atoms with E-state index in [-0.39, 0.29) is 16.7 Å². The first-order valence-corrected chi connectivity index (χ1v) is 8.76. The number of phenolic OH excluding ortho intramolecular Hbond substituents is 1. The maximum Gasteiger partial charge on any atom is 0.271 e. The standard InChI is InChI=1S/C22H28N2O2/c1-21(2,3)17-12-15(13-18(19(17)25)22(4,5)6)14-23-24-20(26)16-10-8-7-9-11-16/h7-14,25H,1-6H3,(H,24,26)/b23-14+. The Morgan fingerprint density at radius 3 is 1.92 bits per heavy atom. The van der Waals surface area contributed by atoms with Crippen molar-refractivity contribution < 1.29 is 9.90 Å². The van der Waals surface area contributed by atoms with Gasteiger partial charge >= 0.3 is 0 Å². The fraction of sp³-hybridized carbons (Fsp3) is 0.364. The van der Waals surface area contributed by atoms with E-state index in [1.54, 1.807) is 18.3 Å². The second kappa shape index (κ2) is 7.32. The van der Waals surface area contributed by atoms with E-state index in [2.05, 4.69) is 52.1 Å². The van der Waals surface area contributed by atoms with Crippen LogP contribution in [0.2, 0.25) is 0 Å². The van der Waals surface area contributed by atoms with Gasteiger partial charge in [-0.3, -0.25) is 4.79 Å². The Balaban J connectivity index is 2.33. The fourth-order valence-corrected chi connectivity index (χ4v) is 2.69. The molecule has 0 saturated carbocycles. The van der Waals surface area contributed by atoms with E-state index >= 15 is 0 Å². The molecule has 0 fully saturated rings. The minimum Gasteiger partial charge on any atom is -0.507 e. The molecule has 0 radical (unpaired) electrons. The van der Waals surface area contributed by atoms with Gasteiger partial charge in [-0.05, 0) is 40.7 Å². The molecule has 0 spiro atoms. The number of benzene rings is 2. The first-order valence-electron chi connectivity index (χ1n) is 8.76. The third-order valence-corrected chi connectivity index (χ3v) is 4.16. The summed E-state index contributed by atoms with van der Waals surface area (Å²) in [6.07, 6.45) is 1.62. The molecule has 26 heavy (non-hydrogen) atoms. The molecule has 0 bridgehead atoms. The van der Waals surface area contributed by atoms with Gasteiger partial charge < -0.3 is 5.11 Å². The second-order valence-electron chi connectivity index (χ2n) is 8.53. The lowest BCUT2D eigenvalue weighted by atomic mass is 9.78. The first-order chi connectivity index (χ1) is 12.0. The normalized spacial score (nSPS) is 12.4. The van der Waals surface area contributed by atoms with E-state index in [0.29, 0.717) is 11.3 Å². The smallest absolute Gasteiger partial charge is 0.271 e. The maximum absolute atomic E-state index is 12.1. The van der Waals surface area contributed by atoms with Crippen LogP contribution in [0.15, 0.2) is 47.6 Å². The van der Waals surface area contributed by atoms with Crippen LogP contribution in [0.3, 0.4) is 0 Å². The van der Waals surface area contributed by atoms with Crippen molar-refractivity contribution in [3.8, 4) is 5.75 Å². The summed E-state index contributed by atoms with van der Waals surface area (Å²) in [5, 5.41) is 14.8. The van der Waals surface area contributed by atoms with E-state index in [9.17, 15) is 9.90 Å². The Bertz CT molecular complexity index is 775. The van der Waals surface area contributed by atoms with Crippen LogP contribution in [0.5, 0.6) is 5.75 Å². The van der Waals surface area contributed by atoms with Gasteiger partial charge in [0.25, 0.3) is 5.91 Å². The average molecular weight is 352 g/mol. The molecule has 1 amide bonds. The summed E-state index contributed by atoms with van der Waals surface area (Å²) in [5.74, 6) is 0.0724. The Morgan fingerprint density at radius 2 is 1.46 bits per heavy atom. The lowest BCUT2D eigenvalue weighted by Gasteiger charge is -2.27. The predicted octanol–water partition coefficient (Wildman–Crippen LogP) is 4.75. The van der Waals surface area contributed by atoms with Crippen LogP contribution in [0.25, 0.3) is 0 Å². The molecule has 4 nitrogen and oxygen atoms in total. The molecule has 2 aromatic rings. The van der Waals surface area contributed by atoms with Gasteiger partial charge in [0.05, 0.1) is 6.21 Å². The van der Waals surface area contributed by atoms with Gasteiger partial charge in [0, 0.05) is 16.7 Å². The number of hydrazone groups is 1. The van der Waals surface area contributed by atoms with Gasteiger partial charge in [0.1, 0.15) is 5.75 Å². The van der Waals surface area contributed by atoms with E-state index in [4.69, 9.17) is 0 Å². The summed E-state index contributed by atoms with van der Waals surface area (Å²) in [4.78, 5) is 12.1. The Labute approximate surface area is 156 Å². The number of nitrogens with one attached hydrogen (secondary N) is 1. The Hall–Kier alpha value is -2.62. The summed E-state index contributed by atoms with van der Waals surface area (Å²) in [5.41, 5.74) is 5.25. The molecule has 0 unspecified atom stereocenters. The van der Waals surface area contributed by atoms with Gasteiger partial charge in [0.2, 0.25) is 0 Å². The number of phenols is 1. The van der Waals surface area contributed by atoms with Crippen LogP contribution in [-0.2, 0) is 10.8 Å². The molecule has 2 rings (SSSR count). The van der Waals surface area contributed by atoms with Crippen LogP contribution in [0.1, 0.15) is 68.6 Å². The lowest BCUT2D eigenvalue weighted by Crippen LogP contribution is -2.19. The van der Waals surface area contributed by atoms with Crippen molar-refractivity contribution in [2.45, 2.75) is 52.4 Å². The van der Waals surface area contributed by atoms with E-state index in [0.717, 1.165) is 16.7 Å². The molecule has 4 heteroatoms. The highest BCUT2D eigenvalue weighted by Crippen LogP contribution is 2.39. The monoisotopic (exact) mass is 352 g/mol. The zero-order valence-corrected chi connectivity index (χ0v) is 16.4.